The molecule has 0 N–H and O–H groups in total. The molecule has 1 aromatic rings. The van der Waals surface area contributed by atoms with Gasteiger partial charge in [0.1, 0.15) is 0 Å². The Morgan fingerprint density at radius 2 is 2.17 bits per heavy atom. The maximum Gasteiger partial charge on any atom is 0.310 e. The van der Waals surface area contributed by atoms with Crippen molar-refractivity contribution in [2.75, 3.05) is 6.61 Å². The summed E-state index contributed by atoms with van der Waals surface area (Å²) < 4.78 is 30.7. The lowest BCUT2D eigenvalue weighted by Crippen LogP contribution is -2.12. The molecule has 0 aliphatic heterocycles. The van der Waals surface area contributed by atoms with Crippen molar-refractivity contribution in [3.8, 4) is 6.07 Å². The molecule has 0 amide bonds. The summed E-state index contributed by atoms with van der Waals surface area (Å²) in [6.45, 7) is 3.33. The molecule has 0 spiro atoms. The molecular formula is C13H13F2NO2. The molecule has 96 valence electrons. The zero-order valence-electron chi connectivity index (χ0n) is 10.2. The number of rotatable bonds is 4. The molecule has 0 aromatic heterocycles. The van der Waals surface area contributed by atoms with Gasteiger partial charge >= 0.3 is 5.97 Å². The Hall–Kier alpha value is -1.96. The zero-order chi connectivity index (χ0) is 13.7. The van der Waals surface area contributed by atoms with E-state index in [-0.39, 0.29) is 29.7 Å². The van der Waals surface area contributed by atoms with E-state index in [0.29, 0.717) is 5.56 Å². The van der Waals surface area contributed by atoms with Gasteiger partial charge in [-0.3, -0.25) is 4.79 Å². The lowest BCUT2D eigenvalue weighted by atomic mass is 9.95. The van der Waals surface area contributed by atoms with E-state index in [1.807, 2.05) is 6.07 Å². The Kier molecular flexibility index (Phi) is 4.78. The van der Waals surface area contributed by atoms with Crippen LogP contribution in [0.2, 0.25) is 0 Å². The van der Waals surface area contributed by atoms with E-state index >= 15 is 0 Å². The highest BCUT2D eigenvalue weighted by molar-refractivity contribution is 5.74. The molecule has 18 heavy (non-hydrogen) atoms. The second-order valence-corrected chi connectivity index (χ2v) is 3.72. The van der Waals surface area contributed by atoms with Gasteiger partial charge in [-0.15, -0.1) is 0 Å². The van der Waals surface area contributed by atoms with Gasteiger partial charge in [0.05, 0.1) is 24.7 Å². The number of nitriles is 1. The topological polar surface area (TPSA) is 50.1 Å². The average Bonchev–Trinajstić information content (AvgIpc) is 2.29. The Labute approximate surface area is 104 Å². The van der Waals surface area contributed by atoms with Gasteiger partial charge < -0.3 is 4.74 Å². The molecule has 0 atom stereocenters. The number of carbonyl (C=O) groups excluding carboxylic acids is 1. The van der Waals surface area contributed by atoms with Crippen molar-refractivity contribution < 1.29 is 18.3 Å². The van der Waals surface area contributed by atoms with Crippen LogP contribution in [0.3, 0.4) is 0 Å². The van der Waals surface area contributed by atoms with Gasteiger partial charge in [-0.1, -0.05) is 6.07 Å². The number of carbonyl (C=O) groups is 1. The van der Waals surface area contributed by atoms with Crippen LogP contribution in [-0.4, -0.2) is 12.6 Å². The number of halogens is 2. The van der Waals surface area contributed by atoms with Gasteiger partial charge in [-0.05, 0) is 31.0 Å². The van der Waals surface area contributed by atoms with Crippen molar-refractivity contribution in [2.45, 2.75) is 26.7 Å². The van der Waals surface area contributed by atoms with E-state index in [4.69, 9.17) is 10.00 Å². The van der Waals surface area contributed by atoms with Crippen LogP contribution in [0.1, 0.15) is 35.6 Å². The molecule has 0 saturated heterocycles. The first-order chi connectivity index (χ1) is 8.51. The van der Waals surface area contributed by atoms with E-state index in [9.17, 15) is 13.6 Å². The number of alkyl halides is 2. The van der Waals surface area contributed by atoms with E-state index < -0.39 is 12.4 Å². The predicted octanol–water partition coefficient (Wildman–Crippen LogP) is 2.91. The summed E-state index contributed by atoms with van der Waals surface area (Å²) >= 11 is 0. The van der Waals surface area contributed by atoms with Crippen LogP contribution in [-0.2, 0) is 16.0 Å². The number of esters is 1. The third kappa shape index (κ3) is 3.04. The molecule has 0 heterocycles. The quantitative estimate of drug-likeness (QED) is 0.775. The molecule has 1 aromatic carbocycles. The normalized spacial score (nSPS) is 10.2. The summed E-state index contributed by atoms with van der Waals surface area (Å²) in [5.41, 5.74) is 0.264. The number of hydrogen-bond acceptors (Lipinski definition) is 3. The van der Waals surface area contributed by atoms with E-state index in [1.54, 1.807) is 6.92 Å². The number of aryl methyl sites for hydroxylation is 1. The molecule has 0 aliphatic carbocycles. The number of benzene rings is 1. The lowest BCUT2D eigenvalue weighted by Gasteiger charge is -2.13. The smallest absolute Gasteiger partial charge is 0.310 e. The molecule has 0 radical (unpaired) electrons. The zero-order valence-corrected chi connectivity index (χ0v) is 10.2. The monoisotopic (exact) mass is 253 g/mol. The highest BCUT2D eigenvalue weighted by Gasteiger charge is 2.21. The number of nitrogens with zero attached hydrogens (tertiary/aromatic N) is 1. The third-order valence-corrected chi connectivity index (χ3v) is 2.54. The Balaban J connectivity index is 3.25. The van der Waals surface area contributed by atoms with Gasteiger partial charge in [-0.2, -0.15) is 5.26 Å². The maximum absolute atomic E-state index is 13.0. The van der Waals surface area contributed by atoms with Crippen molar-refractivity contribution in [1.29, 1.82) is 5.26 Å². The fourth-order valence-electron chi connectivity index (χ4n) is 1.74. The van der Waals surface area contributed by atoms with Crippen LogP contribution in [0.25, 0.3) is 0 Å². The summed E-state index contributed by atoms with van der Waals surface area (Å²) in [4.78, 5) is 11.4. The van der Waals surface area contributed by atoms with Crippen LogP contribution >= 0.6 is 0 Å². The van der Waals surface area contributed by atoms with Crippen LogP contribution in [0.5, 0.6) is 0 Å². The van der Waals surface area contributed by atoms with Crippen molar-refractivity contribution >= 4 is 5.97 Å². The van der Waals surface area contributed by atoms with Crippen LogP contribution < -0.4 is 0 Å². The first-order valence-electron chi connectivity index (χ1n) is 5.47. The van der Waals surface area contributed by atoms with E-state index in [1.165, 1.54) is 19.1 Å². The minimum absolute atomic E-state index is 0.0611. The third-order valence-electron chi connectivity index (χ3n) is 2.54. The molecule has 1 rings (SSSR count). The van der Waals surface area contributed by atoms with Crippen molar-refractivity contribution in [3.63, 3.8) is 0 Å². The fourth-order valence-corrected chi connectivity index (χ4v) is 1.74. The first kappa shape index (κ1) is 14.1. The molecule has 5 heteroatoms. The van der Waals surface area contributed by atoms with Crippen molar-refractivity contribution in [1.82, 2.24) is 0 Å². The molecule has 0 unspecified atom stereocenters. The standard InChI is InChI=1S/C13H13F2NO2/c1-3-18-11(17)6-10-9(7-16)5-4-8(2)12(10)13(14)15/h4-5,13H,3,6H2,1-2H3. The van der Waals surface area contributed by atoms with E-state index in [2.05, 4.69) is 0 Å². The molecule has 3 nitrogen and oxygen atoms in total. The summed E-state index contributed by atoms with van der Waals surface area (Å²) in [5, 5.41) is 8.91. The van der Waals surface area contributed by atoms with Crippen molar-refractivity contribution in [2.24, 2.45) is 0 Å². The summed E-state index contributed by atoms with van der Waals surface area (Å²) in [7, 11) is 0. The molecule has 0 aliphatic rings. The van der Waals surface area contributed by atoms with Crippen LogP contribution in [0.4, 0.5) is 8.78 Å². The van der Waals surface area contributed by atoms with Crippen LogP contribution in [0, 0.1) is 18.3 Å². The average molecular weight is 253 g/mol. The molecule has 0 fully saturated rings. The SMILES string of the molecule is CCOC(=O)Cc1c(C#N)ccc(C)c1C(F)F. The maximum atomic E-state index is 13.0. The van der Waals surface area contributed by atoms with Gasteiger partial charge in [0.25, 0.3) is 6.43 Å². The summed E-state index contributed by atoms with van der Waals surface area (Å²) in [5.74, 6) is -0.610. The molecular weight excluding hydrogens is 240 g/mol. The van der Waals surface area contributed by atoms with Gasteiger partial charge in [0.2, 0.25) is 0 Å². The summed E-state index contributed by atoms with van der Waals surface area (Å²) in [6.07, 6.45) is -3.03. The minimum atomic E-state index is -2.72. The molecule has 0 bridgehead atoms. The van der Waals surface area contributed by atoms with Gasteiger partial charge in [-0.25, -0.2) is 8.78 Å². The molecule has 0 saturated carbocycles. The minimum Gasteiger partial charge on any atom is -0.466 e. The Morgan fingerprint density at radius 1 is 1.50 bits per heavy atom. The second-order valence-electron chi connectivity index (χ2n) is 3.72. The highest BCUT2D eigenvalue weighted by atomic mass is 19.3. The van der Waals surface area contributed by atoms with Gasteiger partial charge in [0, 0.05) is 5.56 Å². The van der Waals surface area contributed by atoms with Crippen LogP contribution in [0.15, 0.2) is 12.1 Å². The van der Waals surface area contributed by atoms with Crippen molar-refractivity contribution in [3.05, 3.63) is 34.4 Å². The van der Waals surface area contributed by atoms with E-state index in [0.717, 1.165) is 0 Å². The Morgan fingerprint density at radius 3 is 2.67 bits per heavy atom. The fraction of sp³-hybridized carbons (Fsp3) is 0.385. The summed E-state index contributed by atoms with van der Waals surface area (Å²) in [6, 6.07) is 4.72. The lowest BCUT2D eigenvalue weighted by molar-refractivity contribution is -0.142. The second kappa shape index (κ2) is 6.10. The number of hydrogen-bond donors (Lipinski definition) is 0. The largest absolute Gasteiger partial charge is 0.466 e. The highest BCUT2D eigenvalue weighted by Crippen LogP contribution is 2.29. The predicted molar refractivity (Wildman–Crippen MR) is 61.2 cm³/mol. The Bertz CT molecular complexity index is 492. The van der Waals surface area contributed by atoms with Gasteiger partial charge in [0.15, 0.2) is 0 Å². The number of ether oxygens (including phenoxy) is 1. The first-order valence-corrected chi connectivity index (χ1v) is 5.47.